The topological polar surface area (TPSA) is 97.8 Å². The summed E-state index contributed by atoms with van der Waals surface area (Å²) in [5.41, 5.74) is 1.31. The summed E-state index contributed by atoms with van der Waals surface area (Å²) in [6, 6.07) is 9.38. The van der Waals surface area contributed by atoms with Crippen molar-refractivity contribution < 1.29 is 35.9 Å². The second kappa shape index (κ2) is 9.02. The Morgan fingerprint density at radius 2 is 1.91 bits per heavy atom. The van der Waals surface area contributed by atoms with Gasteiger partial charge in [0.2, 0.25) is 15.9 Å². The number of benzene rings is 1. The Labute approximate surface area is 188 Å². The highest BCUT2D eigenvalue weighted by Crippen LogP contribution is 2.29. The third kappa shape index (κ3) is 6.02. The van der Waals surface area contributed by atoms with Gasteiger partial charge in [0.05, 0.1) is 10.6 Å². The molecule has 0 unspecified atom stereocenters. The lowest BCUT2D eigenvalue weighted by Gasteiger charge is -2.26. The van der Waals surface area contributed by atoms with Crippen LogP contribution in [0.1, 0.15) is 25.0 Å². The molecule has 0 radical (unpaired) electrons. The van der Waals surface area contributed by atoms with Crippen LogP contribution in [0.4, 0.5) is 18.0 Å². The van der Waals surface area contributed by atoms with E-state index in [-0.39, 0.29) is 29.9 Å². The summed E-state index contributed by atoms with van der Waals surface area (Å²) in [7, 11) is -4.03. The number of nitrogens with one attached hydrogen (secondary N) is 1. The van der Waals surface area contributed by atoms with Gasteiger partial charge in [-0.2, -0.15) is 4.31 Å². The molecule has 2 aromatic rings. The number of hydrogen-bond acceptors (Lipinski definition) is 6. The van der Waals surface area contributed by atoms with Gasteiger partial charge in [0.1, 0.15) is 5.75 Å². The lowest BCUT2D eigenvalue weighted by atomic mass is 10.1. The molecular formula is C21H20F3N3O5S. The van der Waals surface area contributed by atoms with Crippen molar-refractivity contribution in [3.05, 3.63) is 54.2 Å². The van der Waals surface area contributed by atoms with Crippen LogP contribution in [0.3, 0.4) is 0 Å². The number of halogens is 3. The van der Waals surface area contributed by atoms with Crippen LogP contribution in [0.15, 0.2) is 53.4 Å². The average Bonchev–Trinajstić information content (AvgIpc) is 3.57. The third-order valence-electron chi connectivity index (χ3n) is 5.00. The number of alkyl halides is 3. The highest BCUT2D eigenvalue weighted by atomic mass is 32.2. The normalized spacial score (nSPS) is 17.2. The van der Waals surface area contributed by atoms with E-state index in [9.17, 15) is 26.4 Å². The lowest BCUT2D eigenvalue weighted by Crippen LogP contribution is -2.34. The molecule has 1 aliphatic heterocycles. The van der Waals surface area contributed by atoms with Crippen LogP contribution in [-0.4, -0.2) is 49.3 Å². The second-order valence-corrected chi connectivity index (χ2v) is 9.47. The summed E-state index contributed by atoms with van der Waals surface area (Å²) < 4.78 is 73.3. The minimum Gasteiger partial charge on any atom is -0.406 e. The zero-order valence-corrected chi connectivity index (χ0v) is 18.0. The fourth-order valence-corrected chi connectivity index (χ4v) is 4.67. The van der Waals surface area contributed by atoms with Crippen molar-refractivity contribution in [1.29, 1.82) is 0 Å². The monoisotopic (exact) mass is 483 g/mol. The smallest absolute Gasteiger partial charge is 0.406 e. The summed E-state index contributed by atoms with van der Waals surface area (Å²) in [6.07, 6.45) is -1.65. The molecule has 8 nitrogen and oxygen atoms in total. The Morgan fingerprint density at radius 1 is 1.15 bits per heavy atom. The number of ether oxygens (including phenoxy) is 2. The first-order valence-electron chi connectivity index (χ1n) is 10.1. The molecule has 2 heterocycles. The molecule has 0 atom stereocenters. The number of aromatic nitrogens is 1. The van der Waals surface area contributed by atoms with Gasteiger partial charge in [-0.25, -0.2) is 18.2 Å². The summed E-state index contributed by atoms with van der Waals surface area (Å²) >= 11 is 0. The highest BCUT2D eigenvalue weighted by Gasteiger charge is 2.32. The lowest BCUT2D eigenvalue weighted by molar-refractivity contribution is -0.274. The molecule has 1 fully saturated rings. The fourth-order valence-electron chi connectivity index (χ4n) is 3.25. The minimum absolute atomic E-state index is 0.0109. The Hall–Kier alpha value is -3.12. The molecule has 0 saturated heterocycles. The number of hydrogen-bond donors (Lipinski definition) is 1. The van der Waals surface area contributed by atoms with Gasteiger partial charge < -0.3 is 14.8 Å². The van der Waals surface area contributed by atoms with Crippen LogP contribution in [0, 0.1) is 0 Å². The number of nitrogens with zero attached hydrogens (tertiary/aromatic N) is 2. The van der Waals surface area contributed by atoms with Crippen LogP contribution in [-0.2, 0) is 10.0 Å². The number of carbonyl (C=O) groups is 1. The van der Waals surface area contributed by atoms with Crippen molar-refractivity contribution in [2.45, 2.75) is 36.6 Å². The molecule has 1 saturated carbocycles. The predicted molar refractivity (Wildman–Crippen MR) is 111 cm³/mol. The molecule has 1 aliphatic carbocycles. The number of pyridine rings is 1. The molecule has 1 aromatic heterocycles. The average molecular weight is 483 g/mol. The van der Waals surface area contributed by atoms with E-state index >= 15 is 0 Å². The maximum atomic E-state index is 12.9. The summed E-state index contributed by atoms with van der Waals surface area (Å²) in [6.45, 7) is 0.115. The van der Waals surface area contributed by atoms with Gasteiger partial charge in [-0.3, -0.25) is 0 Å². The molecular weight excluding hydrogens is 463 g/mol. The maximum Gasteiger partial charge on any atom is 0.573 e. The summed E-state index contributed by atoms with van der Waals surface area (Å²) in [4.78, 5) is 15.8. The Balaban J connectivity index is 1.44. The molecule has 33 heavy (non-hydrogen) atoms. The standard InChI is InChI=1S/C21H20F3N3O5S/c22-21(23,24)32-16-3-1-4-17(13-16)33(29,30)27-11-9-14(10-12-27)18-5-2-6-19(26-18)31-20(28)25-15-7-8-15/h1-6,9,13,15H,7-8,10-12H2,(H,25,28). The van der Waals surface area contributed by atoms with E-state index in [2.05, 4.69) is 15.0 Å². The van der Waals surface area contributed by atoms with E-state index in [1.807, 2.05) is 0 Å². The van der Waals surface area contributed by atoms with Crippen molar-refractivity contribution in [2.24, 2.45) is 0 Å². The molecule has 1 aromatic carbocycles. The number of sulfonamides is 1. The predicted octanol–water partition coefficient (Wildman–Crippen LogP) is 3.71. The molecule has 4 rings (SSSR count). The first-order valence-corrected chi connectivity index (χ1v) is 11.5. The van der Waals surface area contributed by atoms with E-state index in [0.29, 0.717) is 12.1 Å². The molecule has 12 heteroatoms. The van der Waals surface area contributed by atoms with Crippen LogP contribution in [0.5, 0.6) is 11.6 Å². The zero-order valence-electron chi connectivity index (χ0n) is 17.2. The van der Waals surface area contributed by atoms with Crippen LogP contribution >= 0.6 is 0 Å². The van der Waals surface area contributed by atoms with Gasteiger partial charge in [-0.15, -0.1) is 13.2 Å². The van der Waals surface area contributed by atoms with Gasteiger partial charge in [0.15, 0.2) is 0 Å². The Bertz CT molecular complexity index is 1180. The maximum absolute atomic E-state index is 12.9. The second-order valence-electron chi connectivity index (χ2n) is 7.53. The third-order valence-corrected chi connectivity index (χ3v) is 6.86. The largest absolute Gasteiger partial charge is 0.573 e. The van der Waals surface area contributed by atoms with Crippen LogP contribution in [0.25, 0.3) is 5.57 Å². The Kier molecular flexibility index (Phi) is 6.30. The van der Waals surface area contributed by atoms with E-state index in [0.717, 1.165) is 34.9 Å². The molecule has 0 spiro atoms. The number of amides is 1. The van der Waals surface area contributed by atoms with E-state index in [1.54, 1.807) is 24.3 Å². The van der Waals surface area contributed by atoms with Crippen molar-refractivity contribution in [3.8, 4) is 11.6 Å². The SMILES string of the molecule is O=C(NC1CC1)Oc1cccc(C2=CCN(S(=O)(=O)c3cccc(OC(F)(F)F)c3)CC2)n1. The van der Waals surface area contributed by atoms with Crippen molar-refractivity contribution in [3.63, 3.8) is 0 Å². The van der Waals surface area contributed by atoms with Crippen molar-refractivity contribution in [1.82, 2.24) is 14.6 Å². The molecule has 1 N–H and O–H groups in total. The first-order chi connectivity index (χ1) is 15.6. The quantitative estimate of drug-likeness (QED) is 0.673. The van der Waals surface area contributed by atoms with E-state index in [4.69, 9.17) is 4.74 Å². The zero-order chi connectivity index (χ0) is 23.6. The van der Waals surface area contributed by atoms with Gasteiger partial charge in [-0.05, 0) is 43.0 Å². The van der Waals surface area contributed by atoms with Gasteiger partial charge in [-0.1, -0.05) is 18.2 Å². The fraction of sp³-hybridized carbons (Fsp3) is 0.333. The van der Waals surface area contributed by atoms with E-state index < -0.39 is 28.2 Å². The minimum atomic E-state index is -4.92. The molecule has 0 bridgehead atoms. The van der Waals surface area contributed by atoms with Gasteiger partial charge in [0.25, 0.3) is 0 Å². The molecule has 176 valence electrons. The van der Waals surface area contributed by atoms with E-state index in [1.165, 1.54) is 12.1 Å². The van der Waals surface area contributed by atoms with Gasteiger partial charge >= 0.3 is 12.5 Å². The molecule has 1 amide bonds. The van der Waals surface area contributed by atoms with Crippen LogP contribution < -0.4 is 14.8 Å². The summed E-state index contributed by atoms with van der Waals surface area (Å²) in [5, 5.41) is 2.70. The number of rotatable bonds is 6. The first kappa shape index (κ1) is 23.1. The highest BCUT2D eigenvalue weighted by molar-refractivity contribution is 7.89. The summed E-state index contributed by atoms with van der Waals surface area (Å²) in [5.74, 6) is -0.480. The molecule has 2 aliphatic rings. The number of carbonyl (C=O) groups excluding carboxylic acids is 1. The Morgan fingerprint density at radius 3 is 2.58 bits per heavy atom. The van der Waals surface area contributed by atoms with Crippen molar-refractivity contribution >= 4 is 21.7 Å². The van der Waals surface area contributed by atoms with Crippen molar-refractivity contribution in [2.75, 3.05) is 13.1 Å². The van der Waals surface area contributed by atoms with Crippen LogP contribution in [0.2, 0.25) is 0 Å². The van der Waals surface area contributed by atoms with Gasteiger partial charge in [0, 0.05) is 31.3 Å².